The number of allylic oxidation sites excluding steroid dienone is 3. The second kappa shape index (κ2) is 20.5. The van der Waals surface area contributed by atoms with E-state index in [-0.39, 0.29) is 0 Å². The maximum atomic E-state index is 3.46. The van der Waals surface area contributed by atoms with E-state index in [1.54, 1.807) is 6.08 Å². The fourth-order valence-corrected chi connectivity index (χ4v) is 9.77. The summed E-state index contributed by atoms with van der Waals surface area (Å²) in [5.74, 6) is 0. The number of fused-ring (bicyclic) bond motifs is 7. The van der Waals surface area contributed by atoms with E-state index in [2.05, 4.69) is 269 Å². The van der Waals surface area contributed by atoms with E-state index in [1.807, 2.05) is 32.9 Å². The third kappa shape index (κ3) is 8.50. The van der Waals surface area contributed by atoms with Crippen molar-refractivity contribution in [3.05, 3.63) is 274 Å². The van der Waals surface area contributed by atoms with Gasteiger partial charge in [-0.25, -0.2) is 0 Å². The van der Waals surface area contributed by atoms with Gasteiger partial charge in [0.1, 0.15) is 0 Å². The maximum absolute atomic E-state index is 3.46. The Morgan fingerprint density at radius 3 is 1.44 bits per heavy atom. The molecule has 12 aromatic rings. The Balaban J connectivity index is 0.000000765. The molecular weight excluding hydrogens is 847 g/mol. The van der Waals surface area contributed by atoms with Gasteiger partial charge in [0.15, 0.2) is 0 Å². The van der Waals surface area contributed by atoms with Crippen LogP contribution in [0.2, 0.25) is 0 Å². The third-order valence-corrected chi connectivity index (χ3v) is 12.8. The summed E-state index contributed by atoms with van der Waals surface area (Å²) in [5, 5.41) is 4.96. The van der Waals surface area contributed by atoms with Gasteiger partial charge >= 0.3 is 0 Å². The van der Waals surface area contributed by atoms with Gasteiger partial charge in [0, 0.05) is 49.9 Å². The van der Waals surface area contributed by atoms with E-state index in [0.717, 1.165) is 39.6 Å². The van der Waals surface area contributed by atoms with Crippen molar-refractivity contribution in [3.8, 4) is 44.8 Å². The number of aromatic nitrogens is 2. The van der Waals surface area contributed by atoms with E-state index in [4.69, 9.17) is 0 Å². The van der Waals surface area contributed by atoms with E-state index in [9.17, 15) is 0 Å². The van der Waals surface area contributed by atoms with Crippen LogP contribution in [0.5, 0.6) is 0 Å². The van der Waals surface area contributed by atoms with Crippen molar-refractivity contribution < 1.29 is 0 Å². The van der Waals surface area contributed by atoms with Gasteiger partial charge in [0.2, 0.25) is 0 Å². The van der Waals surface area contributed by atoms with Crippen LogP contribution in [0, 0.1) is 0 Å². The van der Waals surface area contributed by atoms with Crippen LogP contribution in [0.1, 0.15) is 20.8 Å². The maximum Gasteiger partial charge on any atom is 0.0641 e. The Morgan fingerprint density at radius 2 is 0.857 bits per heavy atom. The zero-order valence-electron chi connectivity index (χ0n) is 40.0. The highest BCUT2D eigenvalue weighted by Crippen LogP contribution is 2.45. The first-order chi connectivity index (χ1) is 34.7. The average Bonchev–Trinajstić information content (AvgIpc) is 3.96. The second-order valence-corrected chi connectivity index (χ2v) is 16.9. The molecule has 2 heterocycles. The standard InChI is InChI=1S/C60H41N3.C5H8.C2H6/c1-5-17-42(18-6-1)44-29-32-48(33-30-44)61(57-39-31-46(43-19-7-2-8-20-43)41-54(57)45-21-9-3-10-22-45)49-34-36-50(37-35-49)63-55-27-15-13-25-51(55)52-38-40-58-59(60(52)63)53-26-14-16-28-56(53)62(58)47-23-11-4-12-24-47;1-3-5-4-2;1-2/h1-41H;3-5H,1H2,2H3;1-2H3/b;5-4-;. The van der Waals surface area contributed by atoms with Crippen LogP contribution < -0.4 is 4.90 Å². The van der Waals surface area contributed by atoms with Gasteiger partial charge in [-0.1, -0.05) is 209 Å². The van der Waals surface area contributed by atoms with E-state index >= 15 is 0 Å². The van der Waals surface area contributed by atoms with Crippen molar-refractivity contribution in [2.45, 2.75) is 20.8 Å². The Morgan fingerprint density at radius 1 is 0.386 bits per heavy atom. The first-order valence-electron chi connectivity index (χ1n) is 24.3. The van der Waals surface area contributed by atoms with Gasteiger partial charge in [0.05, 0.1) is 27.8 Å². The van der Waals surface area contributed by atoms with Crippen molar-refractivity contribution in [1.29, 1.82) is 0 Å². The molecule has 70 heavy (non-hydrogen) atoms. The molecule has 0 radical (unpaired) electrons. The lowest BCUT2D eigenvalue weighted by molar-refractivity contribution is 1.17. The fraction of sp³-hybridized carbons (Fsp3) is 0.0448. The molecule has 0 atom stereocenters. The first-order valence-corrected chi connectivity index (χ1v) is 24.3. The van der Waals surface area contributed by atoms with Crippen LogP contribution in [0.3, 0.4) is 0 Å². The molecule has 0 spiro atoms. The quantitative estimate of drug-likeness (QED) is 0.132. The number of nitrogens with zero attached hydrogens (tertiary/aromatic N) is 3. The SMILES string of the molecule is C=C/C=C\C.CC.c1ccc(-c2ccc(N(c3ccc(-n4c5ccccc5c5ccc6c(c7ccccc7n6-c6ccccc6)c54)cc3)c3ccc(-c4ccccc4)cc3-c3ccccc3)cc2)cc1. The summed E-state index contributed by atoms with van der Waals surface area (Å²) in [7, 11) is 0. The van der Waals surface area contributed by atoms with Crippen LogP contribution in [-0.2, 0) is 0 Å². The molecule has 0 fully saturated rings. The molecular formula is C67H55N3. The fourth-order valence-electron chi connectivity index (χ4n) is 9.77. The molecule has 0 amide bonds. The topological polar surface area (TPSA) is 13.1 Å². The van der Waals surface area contributed by atoms with Crippen molar-refractivity contribution in [2.24, 2.45) is 0 Å². The monoisotopic (exact) mass is 901 g/mol. The van der Waals surface area contributed by atoms with Gasteiger partial charge in [-0.15, -0.1) is 0 Å². The number of benzene rings is 10. The lowest BCUT2D eigenvalue weighted by Gasteiger charge is -2.29. The zero-order chi connectivity index (χ0) is 47.8. The van der Waals surface area contributed by atoms with Crippen molar-refractivity contribution in [3.63, 3.8) is 0 Å². The summed E-state index contributed by atoms with van der Waals surface area (Å²) < 4.78 is 4.88. The first kappa shape index (κ1) is 44.9. The van der Waals surface area contributed by atoms with E-state index in [1.165, 1.54) is 65.9 Å². The molecule has 10 aromatic carbocycles. The molecule has 0 aliphatic heterocycles. The predicted octanol–water partition coefficient (Wildman–Crippen LogP) is 19.1. The molecule has 0 unspecified atom stereocenters. The highest BCUT2D eigenvalue weighted by molar-refractivity contribution is 6.26. The summed E-state index contributed by atoms with van der Waals surface area (Å²) >= 11 is 0. The summed E-state index contributed by atoms with van der Waals surface area (Å²) in [6, 6.07) is 90.0. The number of hydrogen-bond donors (Lipinski definition) is 0. The van der Waals surface area contributed by atoms with Crippen LogP contribution in [0.25, 0.3) is 88.4 Å². The second-order valence-electron chi connectivity index (χ2n) is 16.9. The normalized spacial score (nSPS) is 11.1. The minimum atomic E-state index is 1.07. The van der Waals surface area contributed by atoms with Crippen LogP contribution in [0.4, 0.5) is 17.1 Å². The number of hydrogen-bond acceptors (Lipinski definition) is 1. The van der Waals surface area contributed by atoms with Gasteiger partial charge in [0.25, 0.3) is 0 Å². The number of rotatable bonds is 9. The third-order valence-electron chi connectivity index (χ3n) is 12.8. The minimum Gasteiger partial charge on any atom is -0.310 e. The molecule has 0 N–H and O–H groups in total. The molecule has 3 nitrogen and oxygen atoms in total. The Labute approximate surface area is 411 Å². The molecule has 0 bridgehead atoms. The minimum absolute atomic E-state index is 1.07. The van der Waals surface area contributed by atoms with E-state index < -0.39 is 0 Å². The number of anilines is 3. The molecule has 12 rings (SSSR count). The zero-order valence-corrected chi connectivity index (χ0v) is 40.0. The lowest BCUT2D eigenvalue weighted by Crippen LogP contribution is -2.11. The van der Waals surface area contributed by atoms with Gasteiger partial charge < -0.3 is 14.0 Å². The molecule has 2 aromatic heterocycles. The van der Waals surface area contributed by atoms with Crippen molar-refractivity contribution in [2.75, 3.05) is 4.90 Å². The summed E-state index contributed by atoms with van der Waals surface area (Å²) in [6.07, 6.45) is 5.58. The Hall–Kier alpha value is -8.92. The molecule has 0 saturated heterocycles. The predicted molar refractivity (Wildman–Crippen MR) is 302 cm³/mol. The molecule has 0 saturated carbocycles. The van der Waals surface area contributed by atoms with Gasteiger partial charge in [-0.2, -0.15) is 0 Å². The van der Waals surface area contributed by atoms with Gasteiger partial charge in [-0.3, -0.25) is 0 Å². The molecule has 0 aliphatic rings. The largest absolute Gasteiger partial charge is 0.310 e. The Kier molecular flexibility index (Phi) is 13.2. The average molecular weight is 902 g/mol. The number of para-hydroxylation sites is 3. The smallest absolute Gasteiger partial charge is 0.0641 e. The van der Waals surface area contributed by atoms with Crippen molar-refractivity contribution >= 4 is 60.7 Å². The van der Waals surface area contributed by atoms with Gasteiger partial charge in [-0.05, 0) is 114 Å². The van der Waals surface area contributed by atoms with Crippen LogP contribution >= 0.6 is 0 Å². The summed E-state index contributed by atoms with van der Waals surface area (Å²) in [4.78, 5) is 2.41. The highest BCUT2D eigenvalue weighted by Gasteiger charge is 2.22. The van der Waals surface area contributed by atoms with Crippen molar-refractivity contribution in [1.82, 2.24) is 9.13 Å². The summed E-state index contributed by atoms with van der Waals surface area (Å²) in [6.45, 7) is 9.42. The van der Waals surface area contributed by atoms with Crippen LogP contribution in [-0.4, -0.2) is 9.13 Å². The Bertz CT molecular complexity index is 3710. The molecule has 3 heteroatoms. The van der Waals surface area contributed by atoms with Crippen LogP contribution in [0.15, 0.2) is 274 Å². The van der Waals surface area contributed by atoms with E-state index in [0.29, 0.717) is 0 Å². The lowest BCUT2D eigenvalue weighted by atomic mass is 9.96. The highest BCUT2D eigenvalue weighted by atomic mass is 15.1. The molecule has 338 valence electrons. The summed E-state index contributed by atoms with van der Waals surface area (Å²) in [5.41, 5.74) is 17.4. The molecule has 0 aliphatic carbocycles.